The number of amides is 1. The Morgan fingerprint density at radius 2 is 1.90 bits per heavy atom. The van der Waals surface area contributed by atoms with E-state index in [-0.39, 0.29) is 11.3 Å². The van der Waals surface area contributed by atoms with E-state index in [1.165, 1.54) is 0 Å². The second kappa shape index (κ2) is 6.29. The van der Waals surface area contributed by atoms with Gasteiger partial charge in [-0.15, -0.1) is 0 Å². The van der Waals surface area contributed by atoms with Crippen LogP contribution in [0, 0.1) is 0 Å². The lowest BCUT2D eigenvalue weighted by molar-refractivity contribution is -0.152. The predicted octanol–water partition coefficient (Wildman–Crippen LogP) is 2.82. The van der Waals surface area contributed by atoms with Gasteiger partial charge in [-0.1, -0.05) is 44.2 Å². The lowest BCUT2D eigenvalue weighted by Gasteiger charge is -2.35. The Kier molecular flexibility index (Phi) is 4.66. The van der Waals surface area contributed by atoms with Crippen molar-refractivity contribution in [1.82, 2.24) is 4.90 Å². The number of likely N-dealkylation sites (tertiary alicyclic amines) is 1. The monoisotopic (exact) mass is 289 g/mol. The second-order valence-corrected chi connectivity index (χ2v) is 6.36. The van der Waals surface area contributed by atoms with Crippen molar-refractivity contribution in [2.24, 2.45) is 0 Å². The van der Waals surface area contributed by atoms with Gasteiger partial charge in [-0.2, -0.15) is 0 Å². The molecule has 0 spiro atoms. The molecule has 0 aliphatic carbocycles. The first kappa shape index (κ1) is 15.5. The Hall–Kier alpha value is -1.84. The van der Waals surface area contributed by atoms with E-state index in [4.69, 9.17) is 0 Å². The van der Waals surface area contributed by atoms with Crippen LogP contribution in [0.3, 0.4) is 0 Å². The van der Waals surface area contributed by atoms with Crippen LogP contribution in [-0.2, 0) is 15.0 Å². The summed E-state index contributed by atoms with van der Waals surface area (Å²) in [5.74, 6) is -0.948. The number of nitrogens with zero attached hydrogens (tertiary/aromatic N) is 1. The van der Waals surface area contributed by atoms with Gasteiger partial charge in [-0.25, -0.2) is 4.79 Å². The van der Waals surface area contributed by atoms with Gasteiger partial charge in [0.15, 0.2) is 0 Å². The second-order valence-electron chi connectivity index (χ2n) is 6.36. The number of carbonyl (C=O) groups is 2. The number of piperidine rings is 1. The van der Waals surface area contributed by atoms with Crippen LogP contribution >= 0.6 is 0 Å². The van der Waals surface area contributed by atoms with Crippen LogP contribution < -0.4 is 0 Å². The Labute approximate surface area is 125 Å². The molecule has 1 aromatic carbocycles. The molecule has 1 atom stereocenters. The number of carbonyl (C=O) groups excluding carboxylic acids is 1. The molecule has 0 radical (unpaired) electrons. The highest BCUT2D eigenvalue weighted by Crippen LogP contribution is 2.29. The van der Waals surface area contributed by atoms with E-state index in [0.717, 1.165) is 18.4 Å². The van der Waals surface area contributed by atoms with Crippen molar-refractivity contribution in [2.75, 3.05) is 6.54 Å². The van der Waals surface area contributed by atoms with E-state index in [0.29, 0.717) is 19.4 Å². The predicted molar refractivity (Wildman–Crippen MR) is 81.1 cm³/mol. The van der Waals surface area contributed by atoms with Crippen LogP contribution in [0.25, 0.3) is 0 Å². The molecule has 1 saturated heterocycles. The summed E-state index contributed by atoms with van der Waals surface area (Å²) in [5.41, 5.74) is 0.806. The van der Waals surface area contributed by atoms with E-state index < -0.39 is 12.0 Å². The van der Waals surface area contributed by atoms with Crippen molar-refractivity contribution < 1.29 is 14.7 Å². The normalized spacial score (nSPS) is 19.3. The lowest BCUT2D eigenvalue weighted by Crippen LogP contribution is -2.49. The summed E-state index contributed by atoms with van der Waals surface area (Å²) in [5, 5.41) is 9.28. The van der Waals surface area contributed by atoms with Crippen molar-refractivity contribution in [2.45, 2.75) is 51.0 Å². The van der Waals surface area contributed by atoms with Crippen molar-refractivity contribution in [3.8, 4) is 0 Å². The molecule has 1 fully saturated rings. The maximum atomic E-state index is 12.6. The van der Waals surface area contributed by atoms with E-state index in [1.54, 1.807) is 4.90 Å². The summed E-state index contributed by atoms with van der Waals surface area (Å²) in [6, 6.07) is 9.24. The number of carboxylic acids is 1. The first-order valence-electron chi connectivity index (χ1n) is 7.49. The van der Waals surface area contributed by atoms with E-state index in [2.05, 4.69) is 0 Å². The van der Waals surface area contributed by atoms with Crippen molar-refractivity contribution in [3.05, 3.63) is 35.9 Å². The minimum Gasteiger partial charge on any atom is -0.480 e. The summed E-state index contributed by atoms with van der Waals surface area (Å²) in [6.07, 6.45) is 2.66. The molecule has 1 amide bonds. The standard InChI is InChI=1S/C17H23NO3/c1-17(2,13-8-4-3-5-9-13)12-15(19)18-11-7-6-10-14(18)16(20)21/h3-5,8-9,14H,6-7,10-12H2,1-2H3,(H,20,21)/t14-/m1/s1. The largest absolute Gasteiger partial charge is 0.480 e. The molecule has 114 valence electrons. The average Bonchev–Trinajstić information content (AvgIpc) is 2.47. The van der Waals surface area contributed by atoms with Gasteiger partial charge in [0.05, 0.1) is 0 Å². The number of carboxylic acid groups (broad SMARTS) is 1. The van der Waals surface area contributed by atoms with Crippen LogP contribution in [0.5, 0.6) is 0 Å². The average molecular weight is 289 g/mol. The molecule has 2 rings (SSSR count). The van der Waals surface area contributed by atoms with Gasteiger partial charge >= 0.3 is 5.97 Å². The van der Waals surface area contributed by atoms with Gasteiger partial charge in [0.25, 0.3) is 0 Å². The summed E-state index contributed by atoms with van der Waals surface area (Å²) >= 11 is 0. The molecule has 0 saturated carbocycles. The quantitative estimate of drug-likeness (QED) is 0.927. The molecule has 1 N–H and O–H groups in total. The summed E-state index contributed by atoms with van der Waals surface area (Å²) in [4.78, 5) is 25.4. The zero-order chi connectivity index (χ0) is 15.5. The molecule has 4 nitrogen and oxygen atoms in total. The number of rotatable bonds is 4. The zero-order valence-electron chi connectivity index (χ0n) is 12.7. The highest BCUT2D eigenvalue weighted by molar-refractivity contribution is 5.84. The van der Waals surface area contributed by atoms with Gasteiger partial charge in [0.2, 0.25) is 5.91 Å². The van der Waals surface area contributed by atoms with Crippen molar-refractivity contribution >= 4 is 11.9 Å². The fourth-order valence-electron chi connectivity index (χ4n) is 2.96. The number of benzene rings is 1. The lowest BCUT2D eigenvalue weighted by atomic mass is 9.81. The summed E-state index contributed by atoms with van der Waals surface area (Å²) in [7, 11) is 0. The van der Waals surface area contributed by atoms with Crippen molar-refractivity contribution in [1.29, 1.82) is 0 Å². The van der Waals surface area contributed by atoms with Crippen LogP contribution in [0.4, 0.5) is 0 Å². The number of hydrogen-bond donors (Lipinski definition) is 1. The van der Waals surface area contributed by atoms with Crippen LogP contribution in [-0.4, -0.2) is 34.5 Å². The number of hydrogen-bond acceptors (Lipinski definition) is 2. The van der Waals surface area contributed by atoms with E-state index in [1.807, 2.05) is 44.2 Å². The van der Waals surface area contributed by atoms with Crippen molar-refractivity contribution in [3.63, 3.8) is 0 Å². The Morgan fingerprint density at radius 1 is 1.24 bits per heavy atom. The highest BCUT2D eigenvalue weighted by Gasteiger charge is 2.34. The molecule has 4 heteroatoms. The molecule has 1 aromatic rings. The van der Waals surface area contributed by atoms with Gasteiger partial charge < -0.3 is 10.0 Å². The zero-order valence-corrected chi connectivity index (χ0v) is 12.7. The smallest absolute Gasteiger partial charge is 0.326 e. The fourth-order valence-corrected chi connectivity index (χ4v) is 2.96. The maximum absolute atomic E-state index is 12.6. The Bertz CT molecular complexity index is 510. The van der Waals surface area contributed by atoms with E-state index in [9.17, 15) is 14.7 Å². The molecule has 0 aromatic heterocycles. The van der Waals surface area contributed by atoms with Gasteiger partial charge in [0, 0.05) is 13.0 Å². The summed E-state index contributed by atoms with van der Waals surface area (Å²) in [6.45, 7) is 4.61. The first-order valence-corrected chi connectivity index (χ1v) is 7.49. The molecule has 1 aliphatic rings. The third-order valence-corrected chi connectivity index (χ3v) is 4.26. The molecule has 1 heterocycles. The van der Waals surface area contributed by atoms with Gasteiger partial charge in [-0.3, -0.25) is 4.79 Å². The highest BCUT2D eigenvalue weighted by atomic mass is 16.4. The minimum atomic E-state index is -0.888. The Balaban J connectivity index is 2.11. The Morgan fingerprint density at radius 3 is 2.52 bits per heavy atom. The van der Waals surface area contributed by atoms with Gasteiger partial charge in [0.1, 0.15) is 6.04 Å². The molecular formula is C17H23NO3. The van der Waals surface area contributed by atoms with Crippen LogP contribution in [0.2, 0.25) is 0 Å². The maximum Gasteiger partial charge on any atom is 0.326 e. The number of aliphatic carboxylic acids is 1. The fraction of sp³-hybridized carbons (Fsp3) is 0.529. The minimum absolute atomic E-state index is 0.0593. The third kappa shape index (κ3) is 3.63. The molecule has 1 aliphatic heterocycles. The summed E-state index contributed by atoms with van der Waals surface area (Å²) < 4.78 is 0. The molecule has 0 unspecified atom stereocenters. The molecular weight excluding hydrogens is 266 g/mol. The van der Waals surface area contributed by atoms with E-state index >= 15 is 0 Å². The van der Waals surface area contributed by atoms with Gasteiger partial charge in [-0.05, 0) is 30.2 Å². The third-order valence-electron chi connectivity index (χ3n) is 4.26. The van der Waals surface area contributed by atoms with Crippen LogP contribution in [0.15, 0.2) is 30.3 Å². The van der Waals surface area contributed by atoms with Crippen LogP contribution in [0.1, 0.15) is 45.1 Å². The SMILES string of the molecule is CC(C)(CC(=O)N1CCCC[C@@H]1C(=O)O)c1ccccc1. The molecule has 0 bridgehead atoms. The molecule has 21 heavy (non-hydrogen) atoms. The topological polar surface area (TPSA) is 57.6 Å². The first-order chi connectivity index (χ1) is 9.92.